The van der Waals surface area contributed by atoms with Crippen LogP contribution < -0.4 is 21.3 Å². The van der Waals surface area contributed by atoms with E-state index in [4.69, 9.17) is 24.5 Å². The van der Waals surface area contributed by atoms with Crippen LogP contribution in [0.4, 0.5) is 0 Å². The average Bonchev–Trinajstić information content (AvgIpc) is 2.87. The van der Waals surface area contributed by atoms with Gasteiger partial charge in [-0.05, 0) is 46.2 Å². The van der Waals surface area contributed by atoms with E-state index in [1.165, 1.54) is 7.11 Å². The van der Waals surface area contributed by atoms with Crippen molar-refractivity contribution >= 4 is 24.5 Å². The largest absolute Gasteiger partial charge is 0.498 e. The zero-order valence-electron chi connectivity index (χ0n) is 18.2. The quantitative estimate of drug-likeness (QED) is 0.503. The predicted octanol–water partition coefficient (Wildman–Crippen LogP) is 0.542. The van der Waals surface area contributed by atoms with Crippen LogP contribution in [0.5, 0.6) is 5.75 Å². The van der Waals surface area contributed by atoms with Crippen LogP contribution in [-0.4, -0.2) is 56.5 Å². The number of benzene rings is 1. The lowest BCUT2D eigenvalue weighted by atomic mass is 9.77. The molecule has 1 amide bonds. The Labute approximate surface area is 172 Å². The summed E-state index contributed by atoms with van der Waals surface area (Å²) in [6, 6.07) is 3.87. The van der Waals surface area contributed by atoms with E-state index in [1.807, 2.05) is 39.8 Å². The molecule has 0 aliphatic carbocycles. The highest BCUT2D eigenvalue weighted by atomic mass is 16.7. The van der Waals surface area contributed by atoms with Gasteiger partial charge in [-0.15, -0.1) is 0 Å². The number of methoxy groups -OCH3 is 2. The van der Waals surface area contributed by atoms with Crippen LogP contribution in [0.1, 0.15) is 40.2 Å². The molecule has 1 heterocycles. The number of carbonyl (C=O) groups excluding carboxylic acids is 2. The van der Waals surface area contributed by atoms with Crippen LogP contribution in [0.2, 0.25) is 0 Å². The second-order valence-corrected chi connectivity index (χ2v) is 8.24. The van der Waals surface area contributed by atoms with Gasteiger partial charge in [0.05, 0.1) is 31.5 Å². The van der Waals surface area contributed by atoms with Gasteiger partial charge in [-0.25, -0.2) is 4.79 Å². The van der Waals surface area contributed by atoms with Crippen molar-refractivity contribution in [2.24, 2.45) is 5.73 Å². The lowest BCUT2D eigenvalue weighted by molar-refractivity contribution is -0.145. The Morgan fingerprint density at radius 2 is 1.76 bits per heavy atom. The zero-order valence-corrected chi connectivity index (χ0v) is 18.2. The SMILES string of the molecule is COC(=O)[C@H](Cc1ccc(OC)c(B2OC(C)(C)C(C)(C)O2)c1)NC(=O)[C@H](C)N. The first-order valence-electron chi connectivity index (χ1n) is 9.58. The van der Waals surface area contributed by atoms with Gasteiger partial charge in [-0.3, -0.25) is 4.79 Å². The minimum Gasteiger partial charge on any atom is -0.497 e. The number of hydrogen-bond donors (Lipinski definition) is 2. The minimum absolute atomic E-state index is 0.224. The molecule has 1 aromatic carbocycles. The van der Waals surface area contributed by atoms with Gasteiger partial charge >= 0.3 is 13.1 Å². The lowest BCUT2D eigenvalue weighted by Crippen LogP contribution is -2.48. The summed E-state index contributed by atoms with van der Waals surface area (Å²) in [5.41, 5.74) is 6.10. The highest BCUT2D eigenvalue weighted by molar-refractivity contribution is 6.63. The fourth-order valence-electron chi connectivity index (χ4n) is 2.94. The Morgan fingerprint density at radius 1 is 1.17 bits per heavy atom. The summed E-state index contributed by atoms with van der Waals surface area (Å²) in [6.45, 7) is 9.44. The molecule has 1 fully saturated rings. The highest BCUT2D eigenvalue weighted by Gasteiger charge is 2.52. The molecule has 0 spiro atoms. The van der Waals surface area contributed by atoms with Gasteiger partial charge in [-0.2, -0.15) is 0 Å². The average molecular weight is 406 g/mol. The fraction of sp³-hybridized carbons (Fsp3) is 0.600. The number of rotatable bonds is 7. The molecule has 2 rings (SSSR count). The van der Waals surface area contributed by atoms with Crippen molar-refractivity contribution in [3.05, 3.63) is 23.8 Å². The summed E-state index contributed by atoms with van der Waals surface area (Å²) in [6.07, 6.45) is 0.224. The summed E-state index contributed by atoms with van der Waals surface area (Å²) in [4.78, 5) is 24.1. The number of nitrogens with two attached hydrogens (primary N) is 1. The normalized spacial score (nSPS) is 19.4. The van der Waals surface area contributed by atoms with Gasteiger partial charge in [-0.1, -0.05) is 12.1 Å². The zero-order chi connectivity index (χ0) is 22.0. The molecule has 1 aromatic rings. The van der Waals surface area contributed by atoms with Crippen molar-refractivity contribution < 1.29 is 28.4 Å². The smallest absolute Gasteiger partial charge is 0.497 e. The Balaban J connectivity index is 2.31. The second kappa shape index (κ2) is 8.73. The standard InChI is InChI=1S/C20H31BN2O6/c1-12(22)17(24)23-15(18(25)27-7)11-13-8-9-16(26-6)14(10-13)21-28-19(2,3)20(4,5)29-21/h8-10,12,15H,11,22H2,1-7H3,(H,23,24)/t12-,15-/m0/s1. The molecule has 1 aliphatic heterocycles. The van der Waals surface area contributed by atoms with Gasteiger partial charge in [0.2, 0.25) is 5.91 Å². The first-order chi connectivity index (χ1) is 13.4. The van der Waals surface area contributed by atoms with Crippen molar-refractivity contribution in [2.45, 2.75) is 64.3 Å². The van der Waals surface area contributed by atoms with Gasteiger partial charge in [0, 0.05) is 11.9 Å². The van der Waals surface area contributed by atoms with Crippen LogP contribution in [0.15, 0.2) is 18.2 Å². The maximum atomic E-state index is 12.2. The Bertz CT molecular complexity index is 749. The first-order valence-corrected chi connectivity index (χ1v) is 9.58. The molecule has 1 saturated heterocycles. The van der Waals surface area contributed by atoms with E-state index in [9.17, 15) is 9.59 Å². The number of carbonyl (C=O) groups is 2. The van der Waals surface area contributed by atoms with E-state index in [-0.39, 0.29) is 6.42 Å². The molecule has 0 bridgehead atoms. The Hall–Kier alpha value is -2.10. The third-order valence-electron chi connectivity index (χ3n) is 5.46. The van der Waals surface area contributed by atoms with E-state index in [0.29, 0.717) is 11.2 Å². The molecule has 0 unspecified atom stereocenters. The van der Waals surface area contributed by atoms with Crippen molar-refractivity contribution in [1.29, 1.82) is 0 Å². The van der Waals surface area contributed by atoms with Gasteiger partial charge in [0.1, 0.15) is 11.8 Å². The van der Waals surface area contributed by atoms with Crippen LogP contribution in [-0.2, 0) is 30.1 Å². The van der Waals surface area contributed by atoms with Crippen molar-refractivity contribution in [2.75, 3.05) is 14.2 Å². The Morgan fingerprint density at radius 3 is 2.24 bits per heavy atom. The molecule has 160 valence electrons. The molecular formula is C20H31BN2O6. The number of nitrogens with one attached hydrogen (secondary N) is 1. The molecule has 0 aromatic heterocycles. The molecule has 29 heavy (non-hydrogen) atoms. The van der Waals surface area contributed by atoms with Crippen molar-refractivity contribution in [3.63, 3.8) is 0 Å². The van der Waals surface area contributed by atoms with Crippen LogP contribution in [0.25, 0.3) is 0 Å². The third-order valence-corrected chi connectivity index (χ3v) is 5.46. The van der Waals surface area contributed by atoms with Gasteiger partial charge < -0.3 is 29.8 Å². The monoisotopic (exact) mass is 406 g/mol. The minimum atomic E-state index is -0.863. The first kappa shape index (κ1) is 23.2. The summed E-state index contributed by atoms with van der Waals surface area (Å²) < 4.78 is 22.6. The summed E-state index contributed by atoms with van der Waals surface area (Å²) in [7, 11) is 2.23. The molecule has 8 nitrogen and oxygen atoms in total. The van der Waals surface area contributed by atoms with Crippen LogP contribution in [0, 0.1) is 0 Å². The number of esters is 1. The summed E-state index contributed by atoms with van der Waals surface area (Å²) in [5, 5.41) is 2.63. The molecule has 0 radical (unpaired) electrons. The van der Waals surface area contributed by atoms with Crippen LogP contribution >= 0.6 is 0 Å². The van der Waals surface area contributed by atoms with E-state index < -0.39 is 42.3 Å². The van der Waals surface area contributed by atoms with E-state index in [0.717, 1.165) is 5.56 Å². The predicted molar refractivity (Wildman–Crippen MR) is 110 cm³/mol. The number of ether oxygens (including phenoxy) is 2. The molecule has 2 atom stereocenters. The maximum Gasteiger partial charge on any atom is 0.498 e. The topological polar surface area (TPSA) is 109 Å². The maximum absolute atomic E-state index is 12.2. The van der Waals surface area contributed by atoms with Crippen LogP contribution in [0.3, 0.4) is 0 Å². The lowest BCUT2D eigenvalue weighted by Gasteiger charge is -2.32. The van der Waals surface area contributed by atoms with Gasteiger partial charge in [0.25, 0.3) is 0 Å². The van der Waals surface area contributed by atoms with Gasteiger partial charge in [0.15, 0.2) is 0 Å². The molecule has 9 heteroatoms. The molecule has 3 N–H and O–H groups in total. The number of amides is 1. The number of hydrogen-bond acceptors (Lipinski definition) is 7. The Kier molecular flexibility index (Phi) is 6.98. The molecule has 0 saturated carbocycles. The second-order valence-electron chi connectivity index (χ2n) is 8.24. The fourth-order valence-corrected chi connectivity index (χ4v) is 2.94. The molecule has 1 aliphatic rings. The van der Waals surface area contributed by atoms with E-state index >= 15 is 0 Å². The van der Waals surface area contributed by atoms with Crippen molar-refractivity contribution in [1.82, 2.24) is 5.32 Å². The highest BCUT2D eigenvalue weighted by Crippen LogP contribution is 2.37. The summed E-state index contributed by atoms with van der Waals surface area (Å²) in [5.74, 6) is -0.367. The van der Waals surface area contributed by atoms with E-state index in [2.05, 4.69) is 5.32 Å². The molecular weight excluding hydrogens is 375 g/mol. The van der Waals surface area contributed by atoms with Crippen molar-refractivity contribution in [3.8, 4) is 5.75 Å². The summed E-state index contributed by atoms with van der Waals surface area (Å²) >= 11 is 0. The van der Waals surface area contributed by atoms with E-state index in [1.54, 1.807) is 20.1 Å². The third kappa shape index (κ3) is 5.09.